The van der Waals surface area contributed by atoms with Crippen LogP contribution < -0.4 is 0 Å². The van der Waals surface area contributed by atoms with Gasteiger partial charge in [-0.05, 0) is 25.5 Å². The number of aliphatic carboxylic acids is 1. The first-order chi connectivity index (χ1) is 9.41. The summed E-state index contributed by atoms with van der Waals surface area (Å²) in [4.78, 5) is 28.8. The Hall–Kier alpha value is -2.37. The molecular formula is C14H17N3O3. The van der Waals surface area contributed by atoms with E-state index in [1.165, 1.54) is 4.90 Å². The number of pyridine rings is 1. The van der Waals surface area contributed by atoms with Crippen molar-refractivity contribution < 1.29 is 14.7 Å². The van der Waals surface area contributed by atoms with Gasteiger partial charge in [0.2, 0.25) is 0 Å². The van der Waals surface area contributed by atoms with Gasteiger partial charge in [-0.1, -0.05) is 6.07 Å². The normalized spacial score (nSPS) is 10.8. The zero-order valence-electron chi connectivity index (χ0n) is 11.8. The Balaban J connectivity index is 2.37. The Kier molecular flexibility index (Phi) is 3.74. The van der Waals surface area contributed by atoms with Crippen molar-refractivity contribution >= 4 is 17.5 Å². The fraction of sp³-hybridized carbons (Fsp3) is 0.357. The Bertz CT molecular complexity index is 676. The molecule has 2 aromatic heterocycles. The zero-order valence-corrected chi connectivity index (χ0v) is 11.8. The minimum atomic E-state index is -0.921. The van der Waals surface area contributed by atoms with Crippen molar-refractivity contribution in [3.05, 3.63) is 35.3 Å². The van der Waals surface area contributed by atoms with Crippen molar-refractivity contribution in [2.24, 2.45) is 0 Å². The van der Waals surface area contributed by atoms with Crippen LogP contribution in [0.3, 0.4) is 0 Å². The van der Waals surface area contributed by atoms with Crippen LogP contribution in [-0.2, 0) is 4.79 Å². The van der Waals surface area contributed by atoms with Crippen LogP contribution in [0.4, 0.5) is 0 Å². The van der Waals surface area contributed by atoms with Gasteiger partial charge in [0.25, 0.3) is 5.91 Å². The van der Waals surface area contributed by atoms with Gasteiger partial charge >= 0.3 is 5.97 Å². The van der Waals surface area contributed by atoms with E-state index in [0.717, 1.165) is 11.2 Å². The molecule has 6 heteroatoms. The van der Waals surface area contributed by atoms with Crippen molar-refractivity contribution in [2.75, 3.05) is 13.6 Å². The third kappa shape index (κ3) is 2.49. The van der Waals surface area contributed by atoms with E-state index < -0.39 is 5.97 Å². The number of carboxylic acid groups (broad SMARTS) is 1. The van der Waals surface area contributed by atoms with E-state index in [9.17, 15) is 9.59 Å². The number of carboxylic acids is 1. The molecule has 2 rings (SSSR count). The zero-order chi connectivity index (χ0) is 14.9. The standard InChI is InChI=1S/C14H17N3O3/c1-9-5-4-7-17-12(10(2)15-13(9)17)14(20)16(3)8-6-11(18)19/h4-5,7H,6,8H2,1-3H3,(H,18,19). The van der Waals surface area contributed by atoms with Crippen LogP contribution in [0.15, 0.2) is 18.3 Å². The lowest BCUT2D eigenvalue weighted by Crippen LogP contribution is -2.30. The van der Waals surface area contributed by atoms with E-state index >= 15 is 0 Å². The number of imidazole rings is 1. The number of fused-ring (bicyclic) bond motifs is 1. The van der Waals surface area contributed by atoms with Gasteiger partial charge < -0.3 is 10.0 Å². The van der Waals surface area contributed by atoms with Gasteiger partial charge in [-0.25, -0.2) is 4.98 Å². The van der Waals surface area contributed by atoms with Crippen molar-refractivity contribution in [1.82, 2.24) is 14.3 Å². The maximum absolute atomic E-state index is 12.4. The molecule has 0 atom stereocenters. The van der Waals surface area contributed by atoms with Gasteiger partial charge in [0.05, 0.1) is 12.1 Å². The average molecular weight is 275 g/mol. The van der Waals surface area contributed by atoms with Crippen molar-refractivity contribution in [1.29, 1.82) is 0 Å². The third-order valence-electron chi connectivity index (χ3n) is 3.23. The number of carbonyl (C=O) groups is 2. The summed E-state index contributed by atoms with van der Waals surface area (Å²) in [5.41, 5.74) is 2.87. The van der Waals surface area contributed by atoms with E-state index in [0.29, 0.717) is 11.4 Å². The average Bonchev–Trinajstić information content (AvgIpc) is 2.73. The van der Waals surface area contributed by atoms with E-state index in [-0.39, 0.29) is 18.9 Å². The van der Waals surface area contributed by atoms with Crippen LogP contribution >= 0.6 is 0 Å². The van der Waals surface area contributed by atoms with E-state index in [2.05, 4.69) is 4.98 Å². The van der Waals surface area contributed by atoms with Crippen LogP contribution in [-0.4, -0.2) is 44.9 Å². The summed E-state index contributed by atoms with van der Waals surface area (Å²) < 4.78 is 1.75. The Morgan fingerprint density at radius 3 is 2.75 bits per heavy atom. The molecule has 0 aromatic carbocycles. The van der Waals surface area contributed by atoms with Crippen molar-refractivity contribution in [2.45, 2.75) is 20.3 Å². The monoisotopic (exact) mass is 275 g/mol. The lowest BCUT2D eigenvalue weighted by Gasteiger charge is -2.16. The van der Waals surface area contributed by atoms with E-state index in [1.807, 2.05) is 19.1 Å². The second-order valence-electron chi connectivity index (χ2n) is 4.80. The van der Waals surface area contributed by atoms with Gasteiger partial charge in [0, 0.05) is 19.8 Å². The highest BCUT2D eigenvalue weighted by Gasteiger charge is 2.20. The summed E-state index contributed by atoms with van der Waals surface area (Å²) in [6.45, 7) is 3.89. The molecule has 20 heavy (non-hydrogen) atoms. The smallest absolute Gasteiger partial charge is 0.305 e. The molecule has 0 saturated heterocycles. The molecule has 6 nitrogen and oxygen atoms in total. The number of hydrogen-bond acceptors (Lipinski definition) is 3. The lowest BCUT2D eigenvalue weighted by molar-refractivity contribution is -0.137. The maximum atomic E-state index is 12.4. The third-order valence-corrected chi connectivity index (χ3v) is 3.23. The minimum Gasteiger partial charge on any atom is -0.481 e. The highest BCUT2D eigenvalue weighted by atomic mass is 16.4. The van der Waals surface area contributed by atoms with Crippen LogP contribution in [0.2, 0.25) is 0 Å². The second kappa shape index (κ2) is 5.32. The summed E-state index contributed by atoms with van der Waals surface area (Å²) in [5.74, 6) is -1.14. The van der Waals surface area contributed by atoms with Gasteiger partial charge in [0.15, 0.2) is 0 Å². The fourth-order valence-corrected chi connectivity index (χ4v) is 2.12. The highest BCUT2D eigenvalue weighted by molar-refractivity contribution is 5.94. The topological polar surface area (TPSA) is 74.9 Å². The summed E-state index contributed by atoms with van der Waals surface area (Å²) in [5, 5.41) is 8.68. The molecule has 0 unspecified atom stereocenters. The highest BCUT2D eigenvalue weighted by Crippen LogP contribution is 2.16. The largest absolute Gasteiger partial charge is 0.481 e. The first kappa shape index (κ1) is 14.0. The summed E-state index contributed by atoms with van der Waals surface area (Å²) in [7, 11) is 1.60. The molecule has 1 amide bonds. The van der Waals surface area contributed by atoms with Crippen LogP contribution in [0.1, 0.15) is 28.2 Å². The lowest BCUT2D eigenvalue weighted by atomic mass is 10.3. The molecule has 1 N–H and O–H groups in total. The van der Waals surface area contributed by atoms with Gasteiger partial charge in [0.1, 0.15) is 11.3 Å². The molecule has 0 saturated carbocycles. The number of hydrogen-bond donors (Lipinski definition) is 1. The summed E-state index contributed by atoms with van der Waals surface area (Å²) in [6, 6.07) is 3.79. The first-order valence-electron chi connectivity index (χ1n) is 6.33. The van der Waals surface area contributed by atoms with Gasteiger partial charge in [-0.2, -0.15) is 0 Å². The Labute approximate surface area is 116 Å². The van der Waals surface area contributed by atoms with Crippen LogP contribution in [0, 0.1) is 13.8 Å². The molecule has 0 aliphatic rings. The van der Waals surface area contributed by atoms with Crippen LogP contribution in [0.25, 0.3) is 5.65 Å². The van der Waals surface area contributed by atoms with Crippen molar-refractivity contribution in [3.63, 3.8) is 0 Å². The maximum Gasteiger partial charge on any atom is 0.305 e. The number of nitrogens with zero attached hydrogens (tertiary/aromatic N) is 3. The van der Waals surface area contributed by atoms with E-state index in [1.54, 1.807) is 24.6 Å². The molecule has 106 valence electrons. The molecule has 2 aromatic rings. The summed E-state index contributed by atoms with van der Waals surface area (Å²) >= 11 is 0. The van der Waals surface area contributed by atoms with Gasteiger partial charge in [-0.15, -0.1) is 0 Å². The predicted molar refractivity (Wildman–Crippen MR) is 73.9 cm³/mol. The molecule has 0 bridgehead atoms. The number of aryl methyl sites for hydroxylation is 2. The fourth-order valence-electron chi connectivity index (χ4n) is 2.12. The van der Waals surface area contributed by atoms with Crippen LogP contribution in [0.5, 0.6) is 0 Å². The van der Waals surface area contributed by atoms with Gasteiger partial charge in [-0.3, -0.25) is 14.0 Å². The predicted octanol–water partition coefficient (Wildman–Crippen LogP) is 1.50. The molecule has 0 spiro atoms. The minimum absolute atomic E-state index is 0.0724. The summed E-state index contributed by atoms with van der Waals surface area (Å²) in [6.07, 6.45) is 1.72. The number of carbonyl (C=O) groups excluding carboxylic acids is 1. The Morgan fingerprint density at radius 1 is 1.40 bits per heavy atom. The number of aromatic nitrogens is 2. The molecule has 0 aliphatic heterocycles. The molecule has 0 aliphatic carbocycles. The van der Waals surface area contributed by atoms with Crippen molar-refractivity contribution in [3.8, 4) is 0 Å². The molecule has 2 heterocycles. The quantitative estimate of drug-likeness (QED) is 0.917. The molecular weight excluding hydrogens is 258 g/mol. The number of amides is 1. The molecule has 0 fully saturated rings. The second-order valence-corrected chi connectivity index (χ2v) is 4.80. The molecule has 0 radical (unpaired) electrons. The first-order valence-corrected chi connectivity index (χ1v) is 6.33. The SMILES string of the molecule is Cc1nc2c(C)cccn2c1C(=O)N(C)CCC(=O)O. The Morgan fingerprint density at radius 2 is 2.10 bits per heavy atom. The number of rotatable bonds is 4. The van der Waals surface area contributed by atoms with E-state index in [4.69, 9.17) is 5.11 Å².